The molecule has 0 aliphatic carbocycles. The highest BCUT2D eigenvalue weighted by molar-refractivity contribution is 7.99. The summed E-state index contributed by atoms with van der Waals surface area (Å²) in [5.74, 6) is 3.57. The van der Waals surface area contributed by atoms with Crippen molar-refractivity contribution < 1.29 is 4.74 Å². The first kappa shape index (κ1) is 17.4. The maximum absolute atomic E-state index is 5.56. The van der Waals surface area contributed by atoms with Crippen LogP contribution in [0, 0.1) is 5.41 Å². The zero-order valence-corrected chi connectivity index (χ0v) is 15.8. The first-order valence-electron chi connectivity index (χ1n) is 8.88. The van der Waals surface area contributed by atoms with Gasteiger partial charge in [0.1, 0.15) is 0 Å². The Kier molecular flexibility index (Phi) is 5.43. The van der Waals surface area contributed by atoms with Crippen molar-refractivity contribution in [1.29, 1.82) is 0 Å². The van der Waals surface area contributed by atoms with Gasteiger partial charge in [-0.25, -0.2) is 0 Å². The molecule has 1 N–H and O–H groups in total. The van der Waals surface area contributed by atoms with E-state index in [0.717, 1.165) is 38.8 Å². The van der Waals surface area contributed by atoms with Gasteiger partial charge < -0.3 is 19.9 Å². The van der Waals surface area contributed by atoms with Crippen molar-refractivity contribution in [3.05, 3.63) is 0 Å². The third-order valence-electron chi connectivity index (χ3n) is 6.11. The predicted octanol–water partition coefficient (Wildman–Crippen LogP) is 1.50. The summed E-state index contributed by atoms with van der Waals surface area (Å²) in [7, 11) is 6.34. The molecule has 3 fully saturated rings. The fourth-order valence-electron chi connectivity index (χ4n) is 4.15. The van der Waals surface area contributed by atoms with Crippen LogP contribution in [0.15, 0.2) is 4.99 Å². The third kappa shape index (κ3) is 3.64. The zero-order chi connectivity index (χ0) is 16.3. The molecule has 0 radical (unpaired) electrons. The number of hydrogen-bond donors (Lipinski definition) is 1. The minimum Gasteiger partial charge on any atom is -0.381 e. The summed E-state index contributed by atoms with van der Waals surface area (Å²) in [4.78, 5) is 9.44. The Labute approximate surface area is 145 Å². The number of hydrogen-bond acceptors (Lipinski definition) is 4. The molecule has 23 heavy (non-hydrogen) atoms. The Balaban J connectivity index is 1.58. The molecule has 0 saturated carbocycles. The lowest BCUT2D eigenvalue weighted by atomic mass is 9.80. The van der Waals surface area contributed by atoms with Gasteiger partial charge in [-0.05, 0) is 50.9 Å². The molecule has 132 valence electrons. The van der Waals surface area contributed by atoms with E-state index in [9.17, 15) is 0 Å². The molecule has 3 saturated heterocycles. The molecule has 0 bridgehead atoms. The molecule has 1 unspecified atom stereocenters. The molecule has 1 spiro atoms. The van der Waals surface area contributed by atoms with Gasteiger partial charge in [-0.15, -0.1) is 0 Å². The second-order valence-electron chi connectivity index (χ2n) is 7.61. The van der Waals surface area contributed by atoms with Crippen LogP contribution in [0.3, 0.4) is 0 Å². The van der Waals surface area contributed by atoms with Gasteiger partial charge in [-0.2, -0.15) is 11.8 Å². The normalized spacial score (nSPS) is 31.3. The van der Waals surface area contributed by atoms with Gasteiger partial charge in [0.2, 0.25) is 0 Å². The predicted molar refractivity (Wildman–Crippen MR) is 98.4 cm³/mol. The Morgan fingerprint density at radius 1 is 1.26 bits per heavy atom. The largest absolute Gasteiger partial charge is 0.381 e. The molecule has 5 nitrogen and oxygen atoms in total. The van der Waals surface area contributed by atoms with Crippen molar-refractivity contribution in [3.63, 3.8) is 0 Å². The average molecular weight is 341 g/mol. The molecule has 3 heterocycles. The molecule has 3 rings (SSSR count). The molecular weight excluding hydrogens is 308 g/mol. The summed E-state index contributed by atoms with van der Waals surface area (Å²) >= 11 is 2.07. The van der Waals surface area contributed by atoms with Crippen molar-refractivity contribution >= 4 is 17.7 Å². The smallest absolute Gasteiger partial charge is 0.193 e. The maximum Gasteiger partial charge on any atom is 0.193 e. The summed E-state index contributed by atoms with van der Waals surface area (Å²) in [5.41, 5.74) is 0.745. The van der Waals surface area contributed by atoms with Crippen molar-refractivity contribution in [2.24, 2.45) is 10.4 Å². The highest BCUT2D eigenvalue weighted by Gasteiger charge is 2.41. The fraction of sp³-hybridized carbons (Fsp3) is 0.941. The lowest BCUT2D eigenvalue weighted by Crippen LogP contribution is -2.55. The van der Waals surface area contributed by atoms with E-state index < -0.39 is 0 Å². The monoisotopic (exact) mass is 340 g/mol. The van der Waals surface area contributed by atoms with Crippen LogP contribution in [0.2, 0.25) is 0 Å². The van der Waals surface area contributed by atoms with E-state index in [-0.39, 0.29) is 5.54 Å². The third-order valence-corrected chi connectivity index (χ3v) is 7.34. The first-order chi connectivity index (χ1) is 11.1. The highest BCUT2D eigenvalue weighted by Crippen LogP contribution is 2.39. The minimum atomic E-state index is 0.275. The topological polar surface area (TPSA) is 40.1 Å². The molecule has 1 atom stereocenters. The summed E-state index contributed by atoms with van der Waals surface area (Å²) in [5, 5.41) is 3.69. The number of ether oxygens (including phenoxy) is 1. The van der Waals surface area contributed by atoms with E-state index in [4.69, 9.17) is 4.74 Å². The van der Waals surface area contributed by atoms with E-state index in [2.05, 4.69) is 46.0 Å². The number of rotatable bonds is 3. The second-order valence-corrected chi connectivity index (χ2v) is 8.71. The van der Waals surface area contributed by atoms with Crippen LogP contribution in [0.25, 0.3) is 0 Å². The quantitative estimate of drug-likeness (QED) is 0.623. The van der Waals surface area contributed by atoms with Crippen LogP contribution < -0.4 is 5.32 Å². The number of likely N-dealkylation sites (N-methyl/N-ethyl adjacent to an activating group) is 1. The van der Waals surface area contributed by atoms with Crippen LogP contribution >= 0.6 is 11.8 Å². The van der Waals surface area contributed by atoms with E-state index in [1.807, 2.05) is 7.05 Å². The summed E-state index contributed by atoms with van der Waals surface area (Å²) in [6.07, 6.45) is 4.96. The number of nitrogens with zero attached hydrogens (tertiary/aromatic N) is 3. The average Bonchev–Trinajstić information content (AvgIpc) is 3.18. The Hall–Kier alpha value is -0.460. The maximum atomic E-state index is 5.56. The van der Waals surface area contributed by atoms with Gasteiger partial charge >= 0.3 is 0 Å². The highest BCUT2D eigenvalue weighted by atomic mass is 32.2. The van der Waals surface area contributed by atoms with Gasteiger partial charge in [-0.3, -0.25) is 4.99 Å². The van der Waals surface area contributed by atoms with Crippen molar-refractivity contribution in [3.8, 4) is 0 Å². The van der Waals surface area contributed by atoms with Crippen LogP contribution in [-0.4, -0.2) is 86.8 Å². The van der Waals surface area contributed by atoms with Gasteiger partial charge in [0.25, 0.3) is 0 Å². The molecule has 0 aromatic rings. The minimum absolute atomic E-state index is 0.275. The van der Waals surface area contributed by atoms with E-state index in [1.54, 1.807) is 0 Å². The number of nitrogens with one attached hydrogen (secondary N) is 1. The molecule has 6 heteroatoms. The number of likely N-dealkylation sites (tertiary alicyclic amines) is 1. The zero-order valence-electron chi connectivity index (χ0n) is 14.9. The van der Waals surface area contributed by atoms with E-state index in [0.29, 0.717) is 5.41 Å². The number of thioether (sulfide) groups is 1. The van der Waals surface area contributed by atoms with Gasteiger partial charge in [0, 0.05) is 51.2 Å². The SMILES string of the molecule is CN=C(NCC1(N(C)C)CCSC1)N1CCC2(CCOCC2)C1. The second kappa shape index (κ2) is 7.19. The van der Waals surface area contributed by atoms with E-state index in [1.165, 1.54) is 37.2 Å². The molecule has 3 aliphatic rings. The number of aliphatic imine (C=N–C) groups is 1. The lowest BCUT2D eigenvalue weighted by Gasteiger charge is -2.37. The number of guanidine groups is 1. The van der Waals surface area contributed by atoms with Gasteiger partial charge in [0.05, 0.1) is 0 Å². The molecule has 3 aliphatic heterocycles. The molecule has 0 aromatic heterocycles. The van der Waals surface area contributed by atoms with Crippen molar-refractivity contribution in [2.75, 3.05) is 65.5 Å². The summed E-state index contributed by atoms with van der Waals surface area (Å²) in [6.45, 7) is 5.12. The van der Waals surface area contributed by atoms with Crippen LogP contribution in [0.5, 0.6) is 0 Å². The fourth-order valence-corrected chi connectivity index (χ4v) is 5.70. The summed E-state index contributed by atoms with van der Waals surface area (Å²) < 4.78 is 5.56. The van der Waals surface area contributed by atoms with Crippen LogP contribution in [-0.2, 0) is 4.74 Å². The Bertz CT molecular complexity index is 428. The molecular formula is C17H32N4OS. The van der Waals surface area contributed by atoms with Crippen molar-refractivity contribution in [2.45, 2.75) is 31.2 Å². The van der Waals surface area contributed by atoms with E-state index >= 15 is 0 Å². The molecule has 0 amide bonds. The van der Waals surface area contributed by atoms with Crippen LogP contribution in [0.1, 0.15) is 25.7 Å². The Morgan fingerprint density at radius 3 is 2.65 bits per heavy atom. The molecule has 0 aromatic carbocycles. The summed E-state index contributed by atoms with van der Waals surface area (Å²) in [6, 6.07) is 0. The van der Waals surface area contributed by atoms with Crippen LogP contribution in [0.4, 0.5) is 0 Å². The Morgan fingerprint density at radius 2 is 2.04 bits per heavy atom. The standard InChI is InChI=1S/C17H32N4OS/c1-18-15(19-12-17(20(2)3)7-11-23-14-17)21-8-4-16(13-21)5-9-22-10-6-16/h4-14H2,1-3H3,(H,18,19). The van der Waals surface area contributed by atoms with Crippen molar-refractivity contribution in [1.82, 2.24) is 15.1 Å². The van der Waals surface area contributed by atoms with Gasteiger partial charge in [0.15, 0.2) is 5.96 Å². The van der Waals surface area contributed by atoms with Gasteiger partial charge in [-0.1, -0.05) is 0 Å². The first-order valence-corrected chi connectivity index (χ1v) is 10.0. The lowest BCUT2D eigenvalue weighted by molar-refractivity contribution is 0.0217.